The molecule has 156 valence electrons. The second-order valence-electron chi connectivity index (χ2n) is 7.81. The number of rotatable bonds is 3. The first-order valence-corrected chi connectivity index (χ1v) is 11.6. The van der Waals surface area contributed by atoms with Crippen LogP contribution in [0.4, 0.5) is 11.4 Å². The number of carbonyl (C=O) groups excluding carboxylic acids is 1. The molecule has 1 N–H and O–H groups in total. The zero-order valence-electron chi connectivity index (χ0n) is 16.8. The minimum absolute atomic E-state index is 0.0267. The Morgan fingerprint density at radius 3 is 2.57 bits per heavy atom. The summed E-state index contributed by atoms with van der Waals surface area (Å²) >= 11 is 0. The number of amides is 1. The molecule has 1 saturated heterocycles. The van der Waals surface area contributed by atoms with Crippen LogP contribution in [0.2, 0.25) is 0 Å². The molecule has 1 fully saturated rings. The summed E-state index contributed by atoms with van der Waals surface area (Å²) in [5.74, 6) is -0.0267. The van der Waals surface area contributed by atoms with Crippen LogP contribution in [-0.4, -0.2) is 51.0 Å². The van der Waals surface area contributed by atoms with Crippen LogP contribution in [-0.2, 0) is 21.2 Å². The number of hydrogen-bond donors (Lipinski definition) is 1. The van der Waals surface area contributed by atoms with Crippen LogP contribution in [0.1, 0.15) is 12.5 Å². The SMILES string of the molecule is CC(=O)N1CCc2cc(S(=O)(=O)n3ccc4ccc(N5CCNCC5)cc43)ccc21. The third-order valence-electron chi connectivity index (χ3n) is 6.01. The molecular weight excluding hydrogens is 400 g/mol. The van der Waals surface area contributed by atoms with Crippen molar-refractivity contribution in [3.63, 3.8) is 0 Å². The summed E-state index contributed by atoms with van der Waals surface area (Å²) in [7, 11) is -3.75. The molecule has 0 radical (unpaired) electrons. The molecule has 2 aliphatic heterocycles. The molecule has 1 aromatic heterocycles. The number of piperazine rings is 1. The summed E-state index contributed by atoms with van der Waals surface area (Å²) in [6.07, 6.45) is 2.29. The van der Waals surface area contributed by atoms with Crippen LogP contribution in [0, 0.1) is 0 Å². The van der Waals surface area contributed by atoms with Gasteiger partial charge >= 0.3 is 0 Å². The lowest BCUT2D eigenvalue weighted by atomic mass is 10.2. The second-order valence-corrected chi connectivity index (χ2v) is 9.62. The Morgan fingerprint density at radius 1 is 1.00 bits per heavy atom. The molecule has 0 bridgehead atoms. The van der Waals surface area contributed by atoms with Gasteiger partial charge in [-0.1, -0.05) is 6.07 Å². The van der Waals surface area contributed by atoms with Crippen LogP contribution in [0.5, 0.6) is 0 Å². The number of aromatic nitrogens is 1. The van der Waals surface area contributed by atoms with Gasteiger partial charge in [-0.2, -0.15) is 0 Å². The quantitative estimate of drug-likeness (QED) is 0.698. The number of hydrogen-bond acceptors (Lipinski definition) is 5. The van der Waals surface area contributed by atoms with Gasteiger partial charge in [0.25, 0.3) is 10.0 Å². The van der Waals surface area contributed by atoms with Crippen molar-refractivity contribution in [3.05, 3.63) is 54.2 Å². The summed E-state index contributed by atoms with van der Waals surface area (Å²) in [6.45, 7) is 5.76. The third-order valence-corrected chi connectivity index (χ3v) is 7.69. The predicted molar refractivity (Wildman–Crippen MR) is 118 cm³/mol. The molecule has 2 aliphatic rings. The normalized spacial score (nSPS) is 16.8. The Hall–Kier alpha value is -2.84. The van der Waals surface area contributed by atoms with Crippen molar-refractivity contribution >= 4 is 38.2 Å². The topological polar surface area (TPSA) is 74.7 Å². The van der Waals surface area contributed by atoms with Crippen molar-refractivity contribution in [2.24, 2.45) is 0 Å². The molecule has 0 saturated carbocycles. The first-order valence-electron chi connectivity index (χ1n) is 10.2. The molecule has 0 spiro atoms. The maximum atomic E-state index is 13.5. The zero-order valence-corrected chi connectivity index (χ0v) is 17.7. The molecule has 1 amide bonds. The Bertz CT molecular complexity index is 1240. The van der Waals surface area contributed by atoms with E-state index in [0.29, 0.717) is 18.5 Å². The van der Waals surface area contributed by atoms with Crippen molar-refractivity contribution in [2.45, 2.75) is 18.2 Å². The highest BCUT2D eigenvalue weighted by Gasteiger charge is 2.26. The number of fused-ring (bicyclic) bond motifs is 2. The molecular formula is C22H24N4O3S. The van der Waals surface area contributed by atoms with Crippen LogP contribution >= 0.6 is 0 Å². The second kappa shape index (κ2) is 7.14. The molecule has 5 rings (SSSR count). The number of nitrogens with zero attached hydrogens (tertiary/aromatic N) is 3. The van der Waals surface area contributed by atoms with Crippen molar-refractivity contribution in [1.82, 2.24) is 9.29 Å². The summed E-state index contributed by atoms with van der Waals surface area (Å²) in [5.41, 5.74) is 3.41. The summed E-state index contributed by atoms with van der Waals surface area (Å²) in [4.78, 5) is 16.0. The van der Waals surface area contributed by atoms with Gasteiger partial charge in [0.1, 0.15) is 0 Å². The minimum atomic E-state index is -3.75. The number of anilines is 2. The molecule has 3 aromatic rings. The van der Waals surface area contributed by atoms with E-state index in [9.17, 15) is 13.2 Å². The van der Waals surface area contributed by atoms with Crippen molar-refractivity contribution in [2.75, 3.05) is 42.5 Å². The van der Waals surface area contributed by atoms with Gasteiger partial charge in [-0.05, 0) is 48.4 Å². The van der Waals surface area contributed by atoms with Gasteiger partial charge in [-0.25, -0.2) is 12.4 Å². The lowest BCUT2D eigenvalue weighted by Crippen LogP contribution is -2.43. The minimum Gasteiger partial charge on any atom is -0.369 e. The molecule has 0 atom stereocenters. The average molecular weight is 425 g/mol. The molecule has 30 heavy (non-hydrogen) atoms. The van der Waals surface area contributed by atoms with E-state index < -0.39 is 10.0 Å². The van der Waals surface area contributed by atoms with Gasteiger partial charge in [0.05, 0.1) is 10.4 Å². The fourth-order valence-electron chi connectivity index (χ4n) is 4.40. The fraction of sp³-hybridized carbons (Fsp3) is 0.318. The predicted octanol–water partition coefficient (Wildman–Crippen LogP) is 2.20. The molecule has 8 heteroatoms. The maximum absolute atomic E-state index is 13.5. The van der Waals surface area contributed by atoms with Crippen LogP contribution in [0.3, 0.4) is 0 Å². The highest BCUT2D eigenvalue weighted by Crippen LogP contribution is 2.32. The first-order chi connectivity index (χ1) is 14.4. The van der Waals surface area contributed by atoms with Gasteiger partial charge in [0, 0.05) is 62.6 Å². The van der Waals surface area contributed by atoms with Gasteiger partial charge in [0.15, 0.2) is 0 Å². The molecule has 0 aliphatic carbocycles. The average Bonchev–Trinajstić information content (AvgIpc) is 3.38. The van der Waals surface area contributed by atoms with E-state index in [1.54, 1.807) is 29.3 Å². The van der Waals surface area contributed by atoms with Crippen LogP contribution < -0.4 is 15.1 Å². The number of nitrogens with one attached hydrogen (secondary N) is 1. The summed E-state index contributed by atoms with van der Waals surface area (Å²) in [6, 6.07) is 12.9. The van der Waals surface area contributed by atoms with Crippen molar-refractivity contribution < 1.29 is 13.2 Å². The van der Waals surface area contributed by atoms with E-state index >= 15 is 0 Å². The summed E-state index contributed by atoms with van der Waals surface area (Å²) < 4.78 is 28.3. The Labute approximate surface area is 175 Å². The number of benzene rings is 2. The highest BCUT2D eigenvalue weighted by atomic mass is 32.2. The maximum Gasteiger partial charge on any atom is 0.268 e. The van der Waals surface area contributed by atoms with E-state index in [4.69, 9.17) is 0 Å². The van der Waals surface area contributed by atoms with E-state index in [2.05, 4.69) is 16.3 Å². The smallest absolute Gasteiger partial charge is 0.268 e. The van der Waals surface area contributed by atoms with Gasteiger partial charge in [0.2, 0.25) is 5.91 Å². The number of carbonyl (C=O) groups is 1. The van der Waals surface area contributed by atoms with Gasteiger partial charge < -0.3 is 15.1 Å². The lowest BCUT2D eigenvalue weighted by Gasteiger charge is -2.29. The Morgan fingerprint density at radius 2 is 1.80 bits per heavy atom. The largest absolute Gasteiger partial charge is 0.369 e. The molecule has 3 heterocycles. The highest BCUT2D eigenvalue weighted by molar-refractivity contribution is 7.90. The van der Waals surface area contributed by atoms with Gasteiger partial charge in [-0.3, -0.25) is 4.79 Å². The van der Waals surface area contributed by atoms with E-state index in [1.807, 2.05) is 18.2 Å². The van der Waals surface area contributed by atoms with E-state index in [1.165, 1.54) is 10.9 Å². The monoisotopic (exact) mass is 424 g/mol. The Kier molecular flexibility index (Phi) is 4.56. The van der Waals surface area contributed by atoms with E-state index in [0.717, 1.165) is 48.5 Å². The third kappa shape index (κ3) is 3.07. The standard InChI is InChI=1S/C22H24N4O3S/c1-16(27)25-10-6-18-14-20(4-5-21(18)25)30(28,29)26-11-7-17-2-3-19(15-22(17)26)24-12-8-23-9-13-24/h2-5,7,11,14-15,23H,6,8-10,12-13H2,1H3. The zero-order chi connectivity index (χ0) is 20.9. The Balaban J connectivity index is 1.55. The van der Waals surface area contributed by atoms with Crippen LogP contribution in [0.15, 0.2) is 53.6 Å². The lowest BCUT2D eigenvalue weighted by molar-refractivity contribution is -0.116. The molecule has 7 nitrogen and oxygen atoms in total. The van der Waals surface area contributed by atoms with E-state index in [-0.39, 0.29) is 10.8 Å². The van der Waals surface area contributed by atoms with Crippen molar-refractivity contribution in [3.8, 4) is 0 Å². The molecule has 2 aromatic carbocycles. The van der Waals surface area contributed by atoms with Crippen LogP contribution in [0.25, 0.3) is 10.9 Å². The first kappa shape index (κ1) is 19.1. The fourth-order valence-corrected chi connectivity index (χ4v) is 5.80. The summed E-state index contributed by atoms with van der Waals surface area (Å²) in [5, 5.41) is 4.23. The molecule has 0 unspecified atom stereocenters. The van der Waals surface area contributed by atoms with Crippen molar-refractivity contribution in [1.29, 1.82) is 0 Å². The van der Waals surface area contributed by atoms with Gasteiger partial charge in [-0.15, -0.1) is 0 Å².